The molecule has 0 radical (unpaired) electrons. The second-order valence-corrected chi connectivity index (χ2v) is 7.62. The molecule has 2 N–H and O–H groups in total. The summed E-state index contributed by atoms with van der Waals surface area (Å²) in [6.45, 7) is 2.12. The minimum Gasteiger partial charge on any atom is -0.366 e. The molecule has 5 rings (SSSR count). The van der Waals surface area contributed by atoms with Crippen LogP contribution in [0.1, 0.15) is 20.7 Å². The summed E-state index contributed by atoms with van der Waals surface area (Å²) in [5, 5.41) is 6.15. The molecule has 0 unspecified atom stereocenters. The average Bonchev–Trinajstić information content (AvgIpc) is 2.94. The van der Waals surface area contributed by atoms with Crippen molar-refractivity contribution in [2.75, 3.05) is 41.7 Å². The van der Waals surface area contributed by atoms with E-state index in [4.69, 9.17) is 0 Å². The molecule has 3 aromatic carbocycles. The summed E-state index contributed by atoms with van der Waals surface area (Å²) in [6.07, 6.45) is 0. The highest BCUT2D eigenvalue weighted by Crippen LogP contribution is 2.33. The SMILES string of the molecule is O=C1Nc2cc(C(=O)N3CCN(c4ccccc4F)CC3)ccc2Nc2ccccc21. The lowest BCUT2D eigenvalue weighted by atomic mass is 10.1. The Balaban J connectivity index is 1.32. The summed E-state index contributed by atoms with van der Waals surface area (Å²) in [5.41, 5.74) is 3.65. The second kappa shape index (κ2) is 7.75. The molecule has 1 fully saturated rings. The topological polar surface area (TPSA) is 64.7 Å². The fourth-order valence-electron chi connectivity index (χ4n) is 4.06. The quantitative estimate of drug-likeness (QED) is 0.660. The van der Waals surface area contributed by atoms with Gasteiger partial charge in [0.2, 0.25) is 0 Å². The molecule has 0 aromatic heterocycles. The Labute approximate surface area is 179 Å². The van der Waals surface area contributed by atoms with E-state index >= 15 is 0 Å². The Morgan fingerprint density at radius 3 is 2.35 bits per heavy atom. The van der Waals surface area contributed by atoms with E-state index in [0.29, 0.717) is 48.7 Å². The van der Waals surface area contributed by atoms with Crippen LogP contribution < -0.4 is 15.5 Å². The summed E-state index contributed by atoms with van der Waals surface area (Å²) in [6, 6.07) is 19.2. The lowest BCUT2D eigenvalue weighted by Gasteiger charge is -2.36. The van der Waals surface area contributed by atoms with Crippen LogP contribution in [0.15, 0.2) is 66.7 Å². The van der Waals surface area contributed by atoms with E-state index < -0.39 is 0 Å². The number of carbonyl (C=O) groups is 2. The molecule has 2 aliphatic heterocycles. The number of halogens is 1. The largest absolute Gasteiger partial charge is 0.366 e. The first-order valence-electron chi connectivity index (χ1n) is 10.2. The van der Waals surface area contributed by atoms with Crippen LogP contribution in [0.3, 0.4) is 0 Å². The van der Waals surface area contributed by atoms with Crippen LogP contribution in [0.25, 0.3) is 0 Å². The Kier molecular flexibility index (Phi) is 4.78. The molecule has 0 saturated carbocycles. The molecule has 0 spiro atoms. The van der Waals surface area contributed by atoms with Crippen molar-refractivity contribution in [1.29, 1.82) is 0 Å². The number of nitrogens with zero attached hydrogens (tertiary/aromatic N) is 2. The van der Waals surface area contributed by atoms with Crippen molar-refractivity contribution in [3.8, 4) is 0 Å². The molecule has 7 heteroatoms. The van der Waals surface area contributed by atoms with Crippen molar-refractivity contribution in [3.63, 3.8) is 0 Å². The van der Waals surface area contributed by atoms with Gasteiger partial charge in [-0.25, -0.2) is 4.39 Å². The summed E-state index contributed by atoms with van der Waals surface area (Å²) in [5.74, 6) is -0.575. The maximum Gasteiger partial charge on any atom is 0.257 e. The van der Waals surface area contributed by atoms with Crippen LogP contribution in [0.5, 0.6) is 0 Å². The smallest absolute Gasteiger partial charge is 0.257 e. The Bertz CT molecular complexity index is 1170. The molecule has 0 aliphatic carbocycles. The Hall–Kier alpha value is -3.87. The van der Waals surface area contributed by atoms with Gasteiger partial charge >= 0.3 is 0 Å². The molecule has 6 nitrogen and oxygen atoms in total. The summed E-state index contributed by atoms with van der Waals surface area (Å²) >= 11 is 0. The summed E-state index contributed by atoms with van der Waals surface area (Å²) in [4.78, 5) is 29.4. The monoisotopic (exact) mass is 416 g/mol. The predicted molar refractivity (Wildman–Crippen MR) is 119 cm³/mol. The van der Waals surface area contributed by atoms with Crippen LogP contribution in [0.2, 0.25) is 0 Å². The van der Waals surface area contributed by atoms with E-state index in [1.54, 1.807) is 41.3 Å². The van der Waals surface area contributed by atoms with Crippen LogP contribution in [0.4, 0.5) is 27.1 Å². The minimum absolute atomic E-state index is 0.105. The van der Waals surface area contributed by atoms with Crippen molar-refractivity contribution >= 4 is 34.6 Å². The van der Waals surface area contributed by atoms with Gasteiger partial charge < -0.3 is 20.4 Å². The first kappa shape index (κ1) is 19.1. The van der Waals surface area contributed by atoms with Gasteiger partial charge in [-0.1, -0.05) is 24.3 Å². The van der Waals surface area contributed by atoms with Gasteiger partial charge in [-0.15, -0.1) is 0 Å². The number of carbonyl (C=O) groups excluding carboxylic acids is 2. The van der Waals surface area contributed by atoms with E-state index in [9.17, 15) is 14.0 Å². The van der Waals surface area contributed by atoms with Gasteiger partial charge in [-0.05, 0) is 42.5 Å². The number of rotatable bonds is 2. The molecule has 31 heavy (non-hydrogen) atoms. The number of para-hydroxylation sites is 2. The first-order chi connectivity index (χ1) is 15.1. The van der Waals surface area contributed by atoms with E-state index in [-0.39, 0.29) is 17.6 Å². The van der Waals surface area contributed by atoms with Crippen molar-refractivity contribution in [1.82, 2.24) is 4.90 Å². The molecular weight excluding hydrogens is 395 g/mol. The zero-order valence-corrected chi connectivity index (χ0v) is 16.8. The van der Waals surface area contributed by atoms with Crippen molar-refractivity contribution in [2.24, 2.45) is 0 Å². The van der Waals surface area contributed by atoms with Crippen LogP contribution >= 0.6 is 0 Å². The molecule has 2 amide bonds. The molecule has 1 saturated heterocycles. The molecule has 156 valence electrons. The number of fused-ring (bicyclic) bond motifs is 2. The van der Waals surface area contributed by atoms with Gasteiger partial charge in [0.15, 0.2) is 0 Å². The zero-order valence-electron chi connectivity index (χ0n) is 16.8. The normalized spacial score (nSPS) is 15.3. The summed E-state index contributed by atoms with van der Waals surface area (Å²) < 4.78 is 14.1. The van der Waals surface area contributed by atoms with Gasteiger partial charge in [0.1, 0.15) is 5.82 Å². The number of benzene rings is 3. The minimum atomic E-state index is -0.253. The van der Waals surface area contributed by atoms with Crippen LogP contribution in [0, 0.1) is 5.82 Å². The van der Waals surface area contributed by atoms with Gasteiger partial charge in [0.25, 0.3) is 11.8 Å². The van der Waals surface area contributed by atoms with Gasteiger partial charge in [-0.2, -0.15) is 0 Å². The van der Waals surface area contributed by atoms with Crippen molar-refractivity contribution in [2.45, 2.75) is 0 Å². The van der Waals surface area contributed by atoms with E-state index in [1.807, 2.05) is 29.2 Å². The highest BCUT2D eigenvalue weighted by atomic mass is 19.1. The lowest BCUT2D eigenvalue weighted by Crippen LogP contribution is -2.49. The maximum atomic E-state index is 14.1. The third-order valence-electron chi connectivity index (χ3n) is 5.72. The number of nitrogens with one attached hydrogen (secondary N) is 2. The fraction of sp³-hybridized carbons (Fsp3) is 0.167. The predicted octanol–water partition coefficient (Wildman–Crippen LogP) is 4.10. The molecule has 2 heterocycles. The fourth-order valence-corrected chi connectivity index (χ4v) is 4.06. The molecular formula is C24H21FN4O2. The Morgan fingerprint density at radius 2 is 1.55 bits per heavy atom. The molecule has 0 atom stereocenters. The van der Waals surface area contributed by atoms with Crippen molar-refractivity contribution < 1.29 is 14.0 Å². The van der Waals surface area contributed by atoms with E-state index in [2.05, 4.69) is 10.6 Å². The average molecular weight is 416 g/mol. The third kappa shape index (κ3) is 3.59. The number of anilines is 4. The van der Waals surface area contributed by atoms with Gasteiger partial charge in [0.05, 0.1) is 28.3 Å². The maximum absolute atomic E-state index is 14.1. The molecule has 2 aliphatic rings. The van der Waals surface area contributed by atoms with E-state index in [1.165, 1.54) is 6.07 Å². The number of amides is 2. The highest BCUT2D eigenvalue weighted by molar-refractivity contribution is 6.12. The number of hydrogen-bond acceptors (Lipinski definition) is 4. The Morgan fingerprint density at radius 1 is 0.806 bits per heavy atom. The third-order valence-corrected chi connectivity index (χ3v) is 5.72. The van der Waals surface area contributed by atoms with Gasteiger partial charge in [0, 0.05) is 31.7 Å². The second-order valence-electron chi connectivity index (χ2n) is 7.62. The summed E-state index contributed by atoms with van der Waals surface area (Å²) in [7, 11) is 0. The van der Waals surface area contributed by atoms with E-state index in [0.717, 1.165) is 11.4 Å². The van der Waals surface area contributed by atoms with Crippen LogP contribution in [-0.2, 0) is 0 Å². The molecule has 3 aromatic rings. The highest BCUT2D eigenvalue weighted by Gasteiger charge is 2.25. The molecule has 0 bridgehead atoms. The lowest BCUT2D eigenvalue weighted by molar-refractivity contribution is 0.0746. The zero-order chi connectivity index (χ0) is 21.4. The number of hydrogen-bond donors (Lipinski definition) is 2. The van der Waals surface area contributed by atoms with Gasteiger partial charge in [-0.3, -0.25) is 9.59 Å². The first-order valence-corrected chi connectivity index (χ1v) is 10.2. The van der Waals surface area contributed by atoms with Crippen molar-refractivity contribution in [3.05, 3.63) is 83.7 Å². The van der Waals surface area contributed by atoms with Crippen LogP contribution in [-0.4, -0.2) is 42.9 Å². The number of piperazine rings is 1. The standard InChI is InChI=1S/C24H21FN4O2/c25-18-6-2-4-8-22(18)28-11-13-29(14-12-28)24(31)16-9-10-20-21(15-16)27-23(30)17-5-1-3-7-19(17)26-20/h1-10,15,26H,11-14H2,(H,27,30).